The zero-order valence-corrected chi connectivity index (χ0v) is 15.9. The van der Waals surface area contributed by atoms with Crippen LogP contribution >= 0.6 is 12.4 Å². The molecule has 0 bridgehead atoms. The maximum Gasteiger partial charge on any atom is 0.331 e. The van der Waals surface area contributed by atoms with Crippen LogP contribution < -0.4 is 13.9 Å². The molecular weight excluding hydrogens is 381 g/mol. The van der Waals surface area contributed by atoms with Gasteiger partial charge in [0, 0.05) is 12.6 Å². The van der Waals surface area contributed by atoms with Crippen LogP contribution in [0.15, 0.2) is 42.5 Å². The number of nitrogens with one attached hydrogen (secondary N) is 1. The minimum atomic E-state index is -3.94. The molecule has 2 aromatic carbocycles. The van der Waals surface area contributed by atoms with Crippen LogP contribution in [-0.4, -0.2) is 33.7 Å². The maximum atomic E-state index is 14.3. The van der Waals surface area contributed by atoms with Crippen LogP contribution in [0.1, 0.15) is 12.8 Å². The molecular formula is C17H21ClFN3O3S. The lowest BCUT2D eigenvalue weighted by atomic mass is 10.2. The highest BCUT2D eigenvalue weighted by Gasteiger charge is 2.41. The number of benzene rings is 2. The van der Waals surface area contributed by atoms with Gasteiger partial charge in [-0.3, -0.25) is 4.31 Å². The van der Waals surface area contributed by atoms with Crippen LogP contribution in [0.4, 0.5) is 21.5 Å². The lowest BCUT2D eigenvalue weighted by Gasteiger charge is -2.22. The van der Waals surface area contributed by atoms with E-state index in [1.165, 1.54) is 16.4 Å². The molecule has 142 valence electrons. The van der Waals surface area contributed by atoms with Crippen LogP contribution in [0.3, 0.4) is 0 Å². The highest BCUT2D eigenvalue weighted by Crippen LogP contribution is 2.46. The van der Waals surface area contributed by atoms with E-state index in [0.717, 1.165) is 23.3 Å². The van der Waals surface area contributed by atoms with Gasteiger partial charge in [-0.05, 0) is 50.7 Å². The summed E-state index contributed by atoms with van der Waals surface area (Å²) in [4.78, 5) is 0. The number of para-hydroxylation sites is 2. The van der Waals surface area contributed by atoms with Crippen molar-refractivity contribution in [1.82, 2.24) is 5.32 Å². The van der Waals surface area contributed by atoms with Gasteiger partial charge in [-0.2, -0.15) is 8.42 Å². The number of fused-ring (bicyclic) bond motifs is 1. The lowest BCUT2D eigenvalue weighted by molar-refractivity contribution is 0.469. The highest BCUT2D eigenvalue weighted by atomic mass is 35.5. The normalized spacial score (nSPS) is 14.8. The van der Waals surface area contributed by atoms with Crippen LogP contribution in [0.5, 0.6) is 5.75 Å². The molecule has 1 aliphatic heterocycles. The molecule has 0 aliphatic carbocycles. The zero-order valence-electron chi connectivity index (χ0n) is 14.2. The Morgan fingerprint density at radius 2 is 1.77 bits per heavy atom. The number of hydrogen-bond donors (Lipinski definition) is 2. The maximum absolute atomic E-state index is 14.3. The molecule has 26 heavy (non-hydrogen) atoms. The summed E-state index contributed by atoms with van der Waals surface area (Å²) < 4.78 is 42.7. The molecule has 0 fully saturated rings. The standard InChI is InChI=1S/C17H20FN3O3S.ClH/c1-19-10-4-5-11-20-16-6-2-3-7-17(16)21(25(20,23)24)15-9-8-13(22)12-14(15)18;/h2-3,6-9,12,19,22H,4-5,10-11H2,1H3;1H. The van der Waals surface area contributed by atoms with Crippen molar-refractivity contribution < 1.29 is 17.9 Å². The molecule has 0 amide bonds. The van der Waals surface area contributed by atoms with Gasteiger partial charge in [0.2, 0.25) is 0 Å². The monoisotopic (exact) mass is 401 g/mol. The smallest absolute Gasteiger partial charge is 0.331 e. The SMILES string of the molecule is CNCCCCN1c2ccccc2N(c2ccc(O)cc2F)S1(=O)=O.Cl. The van der Waals surface area contributed by atoms with E-state index < -0.39 is 16.0 Å². The van der Waals surface area contributed by atoms with Crippen molar-refractivity contribution in [2.24, 2.45) is 0 Å². The Morgan fingerprint density at radius 3 is 2.42 bits per heavy atom. The molecule has 2 aromatic rings. The van der Waals surface area contributed by atoms with Crippen molar-refractivity contribution >= 4 is 39.7 Å². The Morgan fingerprint density at radius 1 is 1.08 bits per heavy atom. The van der Waals surface area contributed by atoms with Crippen LogP contribution in [0.25, 0.3) is 0 Å². The van der Waals surface area contributed by atoms with Crippen molar-refractivity contribution in [2.75, 3.05) is 28.7 Å². The van der Waals surface area contributed by atoms with Crippen molar-refractivity contribution in [3.05, 3.63) is 48.3 Å². The number of nitrogens with zero attached hydrogens (tertiary/aromatic N) is 2. The molecule has 3 rings (SSSR count). The number of halogens is 2. The van der Waals surface area contributed by atoms with E-state index in [0.29, 0.717) is 24.3 Å². The van der Waals surface area contributed by atoms with Crippen molar-refractivity contribution in [3.63, 3.8) is 0 Å². The fourth-order valence-corrected chi connectivity index (χ4v) is 4.66. The van der Waals surface area contributed by atoms with E-state index in [-0.39, 0.29) is 23.8 Å². The third-order valence-corrected chi connectivity index (χ3v) is 5.86. The van der Waals surface area contributed by atoms with Crippen LogP contribution in [-0.2, 0) is 10.2 Å². The molecule has 0 spiro atoms. The van der Waals surface area contributed by atoms with Gasteiger partial charge in [-0.25, -0.2) is 8.70 Å². The van der Waals surface area contributed by atoms with Crippen molar-refractivity contribution in [2.45, 2.75) is 12.8 Å². The topological polar surface area (TPSA) is 72.9 Å². The quantitative estimate of drug-likeness (QED) is 0.729. The van der Waals surface area contributed by atoms with Crippen LogP contribution in [0.2, 0.25) is 0 Å². The third-order valence-electron chi connectivity index (χ3n) is 4.07. The summed E-state index contributed by atoms with van der Waals surface area (Å²) in [5.41, 5.74) is 0.822. The molecule has 6 nitrogen and oxygen atoms in total. The Balaban J connectivity index is 0.00000243. The van der Waals surface area contributed by atoms with Gasteiger partial charge in [-0.15, -0.1) is 12.4 Å². The van der Waals surface area contributed by atoms with Gasteiger partial charge in [0.05, 0.1) is 17.1 Å². The largest absolute Gasteiger partial charge is 0.508 e. The molecule has 0 atom stereocenters. The highest BCUT2D eigenvalue weighted by molar-refractivity contribution is 7.95. The first-order chi connectivity index (χ1) is 12.0. The molecule has 1 heterocycles. The zero-order chi connectivity index (χ0) is 18.0. The molecule has 1 aliphatic rings. The number of unbranched alkanes of at least 4 members (excludes halogenated alkanes) is 1. The predicted molar refractivity (Wildman–Crippen MR) is 103 cm³/mol. The molecule has 9 heteroatoms. The number of aromatic hydroxyl groups is 1. The average Bonchev–Trinajstić information content (AvgIpc) is 2.79. The summed E-state index contributed by atoms with van der Waals surface area (Å²) >= 11 is 0. The second-order valence-corrected chi connectivity index (χ2v) is 7.48. The van der Waals surface area contributed by atoms with Gasteiger partial charge in [-0.1, -0.05) is 12.1 Å². The van der Waals surface area contributed by atoms with E-state index in [4.69, 9.17) is 0 Å². The average molecular weight is 402 g/mol. The van der Waals surface area contributed by atoms with Crippen molar-refractivity contribution in [3.8, 4) is 5.75 Å². The Kier molecular flexibility index (Phi) is 6.33. The van der Waals surface area contributed by atoms with E-state index in [1.807, 2.05) is 7.05 Å². The number of phenolic OH excluding ortho intramolecular Hbond substituents is 1. The summed E-state index contributed by atoms with van der Waals surface area (Å²) in [5, 5.41) is 12.4. The summed E-state index contributed by atoms with van der Waals surface area (Å²) in [7, 11) is -2.09. The molecule has 0 aromatic heterocycles. The van der Waals surface area contributed by atoms with Gasteiger partial charge < -0.3 is 10.4 Å². The fraction of sp³-hybridized carbons (Fsp3) is 0.294. The first-order valence-electron chi connectivity index (χ1n) is 8.02. The summed E-state index contributed by atoms with van der Waals surface area (Å²) in [6.07, 6.45) is 1.51. The number of hydrogen-bond acceptors (Lipinski definition) is 4. The van der Waals surface area contributed by atoms with Gasteiger partial charge >= 0.3 is 10.2 Å². The van der Waals surface area contributed by atoms with E-state index in [1.54, 1.807) is 24.3 Å². The number of phenols is 1. The van der Waals surface area contributed by atoms with Gasteiger partial charge in [0.1, 0.15) is 5.75 Å². The minimum Gasteiger partial charge on any atom is -0.508 e. The minimum absolute atomic E-state index is 0. The summed E-state index contributed by atoms with van der Waals surface area (Å²) in [5.74, 6) is -1.05. The fourth-order valence-electron chi connectivity index (χ4n) is 2.90. The van der Waals surface area contributed by atoms with E-state index >= 15 is 0 Å². The number of anilines is 3. The third kappa shape index (κ3) is 3.58. The lowest BCUT2D eigenvalue weighted by Crippen LogP contribution is -2.36. The van der Waals surface area contributed by atoms with E-state index in [2.05, 4.69) is 5.32 Å². The Labute approximate surface area is 158 Å². The first-order valence-corrected chi connectivity index (χ1v) is 9.41. The first kappa shape index (κ1) is 20.3. The summed E-state index contributed by atoms with van der Waals surface area (Å²) in [6, 6.07) is 10.3. The Hall–Kier alpha value is -2.03. The number of rotatable bonds is 6. The van der Waals surface area contributed by atoms with Gasteiger partial charge in [0.25, 0.3) is 0 Å². The van der Waals surface area contributed by atoms with Crippen LogP contribution in [0, 0.1) is 5.82 Å². The molecule has 2 N–H and O–H groups in total. The van der Waals surface area contributed by atoms with Gasteiger partial charge in [0.15, 0.2) is 5.82 Å². The van der Waals surface area contributed by atoms with E-state index in [9.17, 15) is 17.9 Å². The summed E-state index contributed by atoms with van der Waals surface area (Å²) in [6.45, 7) is 1.11. The second-order valence-electron chi connectivity index (χ2n) is 5.78. The van der Waals surface area contributed by atoms with Crippen molar-refractivity contribution in [1.29, 1.82) is 0 Å². The molecule has 0 radical (unpaired) electrons. The predicted octanol–water partition coefficient (Wildman–Crippen LogP) is 3.16. The Bertz CT molecular complexity index is 879. The second kappa shape index (κ2) is 8.11. The molecule has 0 unspecified atom stereocenters. The molecule has 0 saturated carbocycles. The molecule has 0 saturated heterocycles.